The number of carbonyl (C=O) groups is 1. The summed E-state index contributed by atoms with van der Waals surface area (Å²) in [5.41, 5.74) is 2.73. The van der Waals surface area contributed by atoms with Gasteiger partial charge in [0.2, 0.25) is 0 Å². The molecule has 4 rings (SSSR count). The normalized spacial score (nSPS) is 16.3. The molecule has 0 spiro atoms. The van der Waals surface area contributed by atoms with Gasteiger partial charge in [-0.15, -0.1) is 0 Å². The summed E-state index contributed by atoms with van der Waals surface area (Å²) in [6, 6.07) is 8.33. The molecule has 2 aromatic heterocycles. The molecule has 0 aliphatic heterocycles. The molecular weight excluding hydrogens is 382 g/mol. The average molecular weight is 407 g/mol. The van der Waals surface area contributed by atoms with E-state index in [0.717, 1.165) is 5.56 Å². The van der Waals surface area contributed by atoms with Crippen molar-refractivity contribution < 1.29 is 9.53 Å². The highest BCUT2D eigenvalue weighted by atomic mass is 16.5. The first-order valence-electron chi connectivity index (χ1n) is 10.2. The van der Waals surface area contributed by atoms with Gasteiger partial charge in [0.15, 0.2) is 5.78 Å². The van der Waals surface area contributed by atoms with E-state index in [9.17, 15) is 14.4 Å². The Balaban J connectivity index is 1.83. The third kappa shape index (κ3) is 3.50. The van der Waals surface area contributed by atoms with E-state index in [2.05, 4.69) is 48.1 Å². The summed E-state index contributed by atoms with van der Waals surface area (Å²) in [6.07, 6.45) is 2.43. The lowest BCUT2D eigenvalue weighted by Crippen LogP contribution is -2.33. The number of fused-ring (bicyclic) bond motifs is 3. The molecule has 2 heterocycles. The lowest BCUT2D eigenvalue weighted by molar-refractivity contribution is 0.0964. The summed E-state index contributed by atoms with van der Waals surface area (Å²) in [4.78, 5) is 44.6. The van der Waals surface area contributed by atoms with Crippen LogP contribution in [0.15, 0.2) is 40.1 Å². The number of hydrogen-bond donors (Lipinski definition) is 1. The number of pyridine rings is 1. The van der Waals surface area contributed by atoms with Gasteiger partial charge in [0.1, 0.15) is 5.65 Å². The van der Waals surface area contributed by atoms with Crippen LogP contribution in [-0.2, 0) is 17.7 Å². The smallest absolute Gasteiger partial charge is 0.330 e. The number of rotatable bonds is 5. The van der Waals surface area contributed by atoms with E-state index in [1.807, 2.05) is 0 Å². The molecule has 0 fully saturated rings. The second kappa shape index (κ2) is 7.99. The topological polar surface area (TPSA) is 94.1 Å². The van der Waals surface area contributed by atoms with Crippen LogP contribution in [0.4, 0.5) is 0 Å². The molecule has 0 saturated heterocycles. The Morgan fingerprint density at radius 3 is 2.57 bits per heavy atom. The standard InChI is InChI=1S/C23H25N3O4/c1-13(2)14-4-6-15(7-5-14)16-10-17-18(19(27)11-16)12-24-21-20(17)22(28)25-23(29)26(21)8-9-30-3/h4-7,12-13,16H,8-11H2,1-3H3,(H,25,28,29). The number of carbonyl (C=O) groups excluding carboxylic acids is 1. The van der Waals surface area contributed by atoms with Crippen molar-refractivity contribution in [2.75, 3.05) is 13.7 Å². The largest absolute Gasteiger partial charge is 0.383 e. The predicted molar refractivity (Wildman–Crippen MR) is 114 cm³/mol. The molecule has 1 N–H and O–H groups in total. The summed E-state index contributed by atoms with van der Waals surface area (Å²) in [5.74, 6) is 0.387. The van der Waals surface area contributed by atoms with E-state index in [1.165, 1.54) is 16.3 Å². The number of Topliss-reactive ketones (excluding diaryl/α,β-unsaturated/α-hetero) is 1. The number of aromatic nitrogens is 3. The quantitative estimate of drug-likeness (QED) is 0.702. The first kappa shape index (κ1) is 20.2. The van der Waals surface area contributed by atoms with Gasteiger partial charge in [-0.2, -0.15) is 0 Å². The number of ketones is 1. The van der Waals surface area contributed by atoms with Crippen molar-refractivity contribution in [2.24, 2.45) is 0 Å². The fourth-order valence-corrected chi connectivity index (χ4v) is 4.19. The summed E-state index contributed by atoms with van der Waals surface area (Å²) >= 11 is 0. The monoisotopic (exact) mass is 407 g/mol. The molecule has 0 amide bonds. The van der Waals surface area contributed by atoms with Crippen molar-refractivity contribution in [3.63, 3.8) is 0 Å². The molecule has 1 aliphatic carbocycles. The van der Waals surface area contributed by atoms with Gasteiger partial charge in [-0.3, -0.25) is 19.1 Å². The minimum absolute atomic E-state index is 0.0180. The van der Waals surface area contributed by atoms with E-state index in [-0.39, 0.29) is 18.2 Å². The molecule has 1 aliphatic rings. The Labute approximate surface area is 173 Å². The van der Waals surface area contributed by atoms with E-state index in [0.29, 0.717) is 47.5 Å². The van der Waals surface area contributed by atoms with Crippen molar-refractivity contribution in [3.8, 4) is 0 Å². The van der Waals surface area contributed by atoms with Crippen molar-refractivity contribution in [3.05, 3.63) is 73.6 Å². The van der Waals surface area contributed by atoms with Crippen LogP contribution in [-0.4, -0.2) is 34.0 Å². The van der Waals surface area contributed by atoms with Gasteiger partial charge in [0.25, 0.3) is 5.56 Å². The second-order valence-corrected chi connectivity index (χ2v) is 8.10. The van der Waals surface area contributed by atoms with Crippen LogP contribution in [0.5, 0.6) is 0 Å². The van der Waals surface area contributed by atoms with Crippen molar-refractivity contribution in [2.45, 2.75) is 45.1 Å². The summed E-state index contributed by atoms with van der Waals surface area (Å²) < 4.78 is 6.47. The Bertz CT molecular complexity index is 1220. The Kier molecular flexibility index (Phi) is 5.39. The lowest BCUT2D eigenvalue weighted by atomic mass is 9.79. The number of hydrogen-bond acceptors (Lipinski definition) is 5. The Hall–Kier alpha value is -3.06. The minimum Gasteiger partial charge on any atom is -0.383 e. The molecule has 1 aromatic carbocycles. The van der Waals surface area contributed by atoms with Gasteiger partial charge in [-0.1, -0.05) is 38.1 Å². The van der Waals surface area contributed by atoms with Crippen LogP contribution >= 0.6 is 0 Å². The zero-order chi connectivity index (χ0) is 21.4. The van der Waals surface area contributed by atoms with Gasteiger partial charge < -0.3 is 4.74 Å². The van der Waals surface area contributed by atoms with E-state index in [1.54, 1.807) is 7.11 Å². The number of ether oxygens (including phenoxy) is 1. The van der Waals surface area contributed by atoms with Crippen molar-refractivity contribution in [1.29, 1.82) is 0 Å². The van der Waals surface area contributed by atoms with E-state index < -0.39 is 11.2 Å². The number of nitrogens with one attached hydrogen (secondary N) is 1. The number of methoxy groups -OCH3 is 1. The maximum Gasteiger partial charge on any atom is 0.330 e. The molecule has 1 atom stereocenters. The van der Waals surface area contributed by atoms with Crippen LogP contribution in [0, 0.1) is 0 Å². The fraction of sp³-hybridized carbons (Fsp3) is 0.391. The minimum atomic E-state index is -0.528. The van der Waals surface area contributed by atoms with Crippen LogP contribution in [0.25, 0.3) is 11.0 Å². The lowest BCUT2D eigenvalue weighted by Gasteiger charge is -2.25. The SMILES string of the molecule is COCCn1c(=O)[nH]c(=O)c2c3c(cnc21)C(=O)CC(c1ccc(C(C)C)cc1)C3. The maximum absolute atomic E-state index is 12.9. The number of benzene rings is 1. The van der Waals surface area contributed by atoms with Gasteiger partial charge in [-0.25, -0.2) is 9.78 Å². The molecule has 7 nitrogen and oxygen atoms in total. The van der Waals surface area contributed by atoms with E-state index >= 15 is 0 Å². The zero-order valence-electron chi connectivity index (χ0n) is 17.4. The first-order valence-corrected chi connectivity index (χ1v) is 10.2. The summed E-state index contributed by atoms with van der Waals surface area (Å²) in [7, 11) is 1.54. The van der Waals surface area contributed by atoms with Crippen molar-refractivity contribution >= 4 is 16.8 Å². The highest BCUT2D eigenvalue weighted by Gasteiger charge is 2.30. The molecule has 156 valence electrons. The highest BCUT2D eigenvalue weighted by Crippen LogP contribution is 2.35. The molecule has 7 heteroatoms. The number of aromatic amines is 1. The van der Waals surface area contributed by atoms with Crippen molar-refractivity contribution in [1.82, 2.24) is 14.5 Å². The third-order valence-corrected chi connectivity index (χ3v) is 5.89. The van der Waals surface area contributed by atoms with Gasteiger partial charge >= 0.3 is 5.69 Å². The maximum atomic E-state index is 12.9. The highest BCUT2D eigenvalue weighted by molar-refractivity contribution is 6.02. The van der Waals surface area contributed by atoms with Gasteiger partial charge in [0, 0.05) is 25.3 Å². The van der Waals surface area contributed by atoms with E-state index in [4.69, 9.17) is 4.74 Å². The molecule has 0 bridgehead atoms. The fourth-order valence-electron chi connectivity index (χ4n) is 4.19. The number of H-pyrrole nitrogens is 1. The molecule has 0 radical (unpaired) electrons. The molecule has 3 aromatic rings. The predicted octanol–water partition coefficient (Wildman–Crippen LogP) is 2.77. The number of nitrogens with zero attached hydrogens (tertiary/aromatic N) is 2. The van der Waals surface area contributed by atoms with Crippen LogP contribution in [0.1, 0.15) is 59.2 Å². The second-order valence-electron chi connectivity index (χ2n) is 8.10. The van der Waals surface area contributed by atoms with Crippen LogP contribution in [0.3, 0.4) is 0 Å². The van der Waals surface area contributed by atoms with Crippen LogP contribution < -0.4 is 11.2 Å². The summed E-state index contributed by atoms with van der Waals surface area (Å²) in [6.45, 7) is 4.86. The van der Waals surface area contributed by atoms with Gasteiger partial charge in [0.05, 0.1) is 18.5 Å². The average Bonchev–Trinajstić information content (AvgIpc) is 2.73. The van der Waals surface area contributed by atoms with Crippen LogP contribution in [0.2, 0.25) is 0 Å². The summed E-state index contributed by atoms with van der Waals surface area (Å²) in [5, 5.41) is 0.319. The molecule has 0 saturated carbocycles. The van der Waals surface area contributed by atoms with Gasteiger partial charge in [-0.05, 0) is 34.9 Å². The Morgan fingerprint density at radius 1 is 1.17 bits per heavy atom. The third-order valence-electron chi connectivity index (χ3n) is 5.89. The molecular formula is C23H25N3O4. The first-order chi connectivity index (χ1) is 14.4. The molecule has 30 heavy (non-hydrogen) atoms. The zero-order valence-corrected chi connectivity index (χ0v) is 17.4. The molecule has 1 unspecified atom stereocenters. The Morgan fingerprint density at radius 2 is 1.90 bits per heavy atom.